The fraction of sp³-hybridized carbons (Fsp3) is 0.600. The second kappa shape index (κ2) is 6.88. The molecule has 1 saturated heterocycles. The van der Waals surface area contributed by atoms with Gasteiger partial charge in [0.1, 0.15) is 0 Å². The van der Waals surface area contributed by atoms with Crippen molar-refractivity contribution in [2.75, 3.05) is 26.7 Å². The Morgan fingerprint density at radius 1 is 1.28 bits per heavy atom. The van der Waals surface area contributed by atoms with Gasteiger partial charge in [-0.2, -0.15) is 0 Å². The maximum atomic E-state index is 5.65. The maximum absolute atomic E-state index is 5.65. The molecule has 0 spiro atoms. The highest BCUT2D eigenvalue weighted by atomic mass is 15.1. The van der Waals surface area contributed by atoms with Crippen LogP contribution >= 0.6 is 0 Å². The third-order valence-electron chi connectivity index (χ3n) is 3.83. The number of nitrogens with one attached hydrogen (secondary N) is 1. The summed E-state index contributed by atoms with van der Waals surface area (Å²) in [6.45, 7) is 5.22. The molecule has 100 valence electrons. The lowest BCUT2D eigenvalue weighted by Gasteiger charge is -2.29. The third kappa shape index (κ3) is 4.09. The summed E-state index contributed by atoms with van der Waals surface area (Å²) in [5.41, 5.74) is 8.21. The summed E-state index contributed by atoms with van der Waals surface area (Å²) < 4.78 is 0. The van der Waals surface area contributed by atoms with Crippen molar-refractivity contribution in [3.63, 3.8) is 0 Å². The normalized spacial score (nSPS) is 18.1. The van der Waals surface area contributed by atoms with Crippen LogP contribution in [0.4, 0.5) is 0 Å². The largest absolute Gasteiger partial charge is 0.326 e. The topological polar surface area (TPSA) is 41.3 Å². The summed E-state index contributed by atoms with van der Waals surface area (Å²) in [4.78, 5) is 2.42. The standard InChI is InChI=1S/C15H25N3/c1-18-7-5-13(6-8-18)11-17-12-15-4-2-3-14(9-15)10-16/h2-4,9,13,17H,5-8,10-12,16H2,1H3. The van der Waals surface area contributed by atoms with Crippen molar-refractivity contribution in [2.24, 2.45) is 11.7 Å². The summed E-state index contributed by atoms with van der Waals surface area (Å²) in [6.07, 6.45) is 2.65. The van der Waals surface area contributed by atoms with Crippen LogP contribution in [0.5, 0.6) is 0 Å². The van der Waals surface area contributed by atoms with Crippen molar-refractivity contribution in [2.45, 2.75) is 25.9 Å². The number of hydrogen-bond acceptors (Lipinski definition) is 3. The molecule has 0 aliphatic carbocycles. The molecule has 1 fully saturated rings. The minimum atomic E-state index is 0.628. The zero-order valence-electron chi connectivity index (χ0n) is 11.4. The van der Waals surface area contributed by atoms with E-state index in [0.717, 1.165) is 19.0 Å². The fourth-order valence-corrected chi connectivity index (χ4v) is 2.55. The van der Waals surface area contributed by atoms with E-state index >= 15 is 0 Å². The van der Waals surface area contributed by atoms with Crippen molar-refractivity contribution < 1.29 is 0 Å². The van der Waals surface area contributed by atoms with Crippen LogP contribution in [0.25, 0.3) is 0 Å². The fourth-order valence-electron chi connectivity index (χ4n) is 2.55. The van der Waals surface area contributed by atoms with Crippen LogP contribution < -0.4 is 11.1 Å². The van der Waals surface area contributed by atoms with E-state index in [0.29, 0.717) is 6.54 Å². The molecule has 0 radical (unpaired) electrons. The number of likely N-dealkylation sites (tertiary alicyclic amines) is 1. The van der Waals surface area contributed by atoms with Crippen molar-refractivity contribution in [1.29, 1.82) is 0 Å². The molecule has 2 rings (SSSR count). The van der Waals surface area contributed by atoms with Crippen LogP contribution in [0.2, 0.25) is 0 Å². The highest BCUT2D eigenvalue weighted by Crippen LogP contribution is 2.15. The van der Waals surface area contributed by atoms with Crippen molar-refractivity contribution in [3.8, 4) is 0 Å². The lowest BCUT2D eigenvalue weighted by molar-refractivity contribution is 0.216. The highest BCUT2D eigenvalue weighted by Gasteiger charge is 2.15. The Labute approximate surface area is 110 Å². The van der Waals surface area contributed by atoms with E-state index in [2.05, 4.69) is 41.5 Å². The van der Waals surface area contributed by atoms with Gasteiger partial charge in [-0.15, -0.1) is 0 Å². The van der Waals surface area contributed by atoms with E-state index in [1.165, 1.54) is 37.1 Å². The molecule has 0 aromatic heterocycles. The number of nitrogens with two attached hydrogens (primary N) is 1. The molecule has 0 atom stereocenters. The SMILES string of the molecule is CN1CCC(CNCc2cccc(CN)c2)CC1. The molecule has 0 bridgehead atoms. The van der Waals surface area contributed by atoms with Gasteiger partial charge < -0.3 is 16.0 Å². The lowest BCUT2D eigenvalue weighted by atomic mass is 9.97. The van der Waals surface area contributed by atoms with Gasteiger partial charge in [0.25, 0.3) is 0 Å². The average Bonchev–Trinajstić information content (AvgIpc) is 2.41. The van der Waals surface area contributed by atoms with Gasteiger partial charge in [0.15, 0.2) is 0 Å². The summed E-state index contributed by atoms with van der Waals surface area (Å²) in [6, 6.07) is 8.54. The van der Waals surface area contributed by atoms with Gasteiger partial charge in [-0.3, -0.25) is 0 Å². The van der Waals surface area contributed by atoms with Crippen LogP contribution in [0.15, 0.2) is 24.3 Å². The van der Waals surface area contributed by atoms with Gasteiger partial charge in [0.2, 0.25) is 0 Å². The van der Waals surface area contributed by atoms with Crippen molar-refractivity contribution in [1.82, 2.24) is 10.2 Å². The summed E-state index contributed by atoms with van der Waals surface area (Å²) in [7, 11) is 2.21. The number of rotatable bonds is 5. The molecule has 3 nitrogen and oxygen atoms in total. The number of nitrogens with zero attached hydrogens (tertiary/aromatic N) is 1. The second-order valence-electron chi connectivity index (χ2n) is 5.40. The quantitative estimate of drug-likeness (QED) is 0.830. The monoisotopic (exact) mass is 247 g/mol. The molecule has 1 aromatic rings. The zero-order chi connectivity index (χ0) is 12.8. The smallest absolute Gasteiger partial charge is 0.0205 e. The first-order valence-corrected chi connectivity index (χ1v) is 6.95. The minimum Gasteiger partial charge on any atom is -0.326 e. The Kier molecular flexibility index (Phi) is 5.17. The van der Waals surface area contributed by atoms with Gasteiger partial charge in [-0.25, -0.2) is 0 Å². The Hall–Kier alpha value is -0.900. The Morgan fingerprint density at radius 3 is 2.72 bits per heavy atom. The first-order valence-electron chi connectivity index (χ1n) is 6.95. The van der Waals surface area contributed by atoms with Crippen LogP contribution in [0.1, 0.15) is 24.0 Å². The number of piperidine rings is 1. The Bertz CT molecular complexity index is 357. The van der Waals surface area contributed by atoms with Crippen LogP contribution in [-0.2, 0) is 13.1 Å². The highest BCUT2D eigenvalue weighted by molar-refractivity contribution is 5.23. The molecule has 0 amide bonds. The Balaban J connectivity index is 1.71. The number of hydrogen-bond donors (Lipinski definition) is 2. The maximum Gasteiger partial charge on any atom is 0.0205 e. The van der Waals surface area contributed by atoms with E-state index in [4.69, 9.17) is 5.73 Å². The van der Waals surface area contributed by atoms with Gasteiger partial charge in [-0.1, -0.05) is 24.3 Å². The molecule has 1 aliphatic rings. The predicted molar refractivity (Wildman–Crippen MR) is 76.3 cm³/mol. The average molecular weight is 247 g/mol. The summed E-state index contributed by atoms with van der Waals surface area (Å²) in [5, 5.41) is 3.58. The molecule has 1 heterocycles. The Morgan fingerprint density at radius 2 is 2.00 bits per heavy atom. The van der Waals surface area contributed by atoms with E-state index in [9.17, 15) is 0 Å². The third-order valence-corrected chi connectivity index (χ3v) is 3.83. The molecule has 0 saturated carbocycles. The lowest BCUT2D eigenvalue weighted by Crippen LogP contribution is -2.34. The van der Waals surface area contributed by atoms with E-state index < -0.39 is 0 Å². The van der Waals surface area contributed by atoms with Gasteiger partial charge in [0, 0.05) is 13.1 Å². The first kappa shape index (κ1) is 13.5. The van der Waals surface area contributed by atoms with E-state index in [1.54, 1.807) is 0 Å². The second-order valence-corrected chi connectivity index (χ2v) is 5.40. The van der Waals surface area contributed by atoms with Crippen LogP contribution in [0.3, 0.4) is 0 Å². The molecule has 18 heavy (non-hydrogen) atoms. The van der Waals surface area contributed by atoms with E-state index in [-0.39, 0.29) is 0 Å². The molecular formula is C15H25N3. The van der Waals surface area contributed by atoms with Crippen molar-refractivity contribution in [3.05, 3.63) is 35.4 Å². The minimum absolute atomic E-state index is 0.628. The first-order chi connectivity index (χ1) is 8.78. The molecule has 0 unspecified atom stereocenters. The molecule has 3 heteroatoms. The van der Waals surface area contributed by atoms with Crippen LogP contribution in [0, 0.1) is 5.92 Å². The number of benzene rings is 1. The van der Waals surface area contributed by atoms with Crippen molar-refractivity contribution >= 4 is 0 Å². The van der Waals surface area contributed by atoms with Gasteiger partial charge in [-0.05, 0) is 56.6 Å². The molecular weight excluding hydrogens is 222 g/mol. The van der Waals surface area contributed by atoms with Gasteiger partial charge in [0.05, 0.1) is 0 Å². The summed E-state index contributed by atoms with van der Waals surface area (Å²) in [5.74, 6) is 0.846. The molecule has 1 aliphatic heterocycles. The van der Waals surface area contributed by atoms with Crippen LogP contribution in [-0.4, -0.2) is 31.6 Å². The molecule has 3 N–H and O–H groups in total. The van der Waals surface area contributed by atoms with E-state index in [1.807, 2.05) is 0 Å². The molecule has 1 aromatic carbocycles. The summed E-state index contributed by atoms with van der Waals surface area (Å²) >= 11 is 0. The zero-order valence-corrected chi connectivity index (χ0v) is 11.4. The predicted octanol–water partition coefficient (Wildman–Crippen LogP) is 1.58. The van der Waals surface area contributed by atoms with Gasteiger partial charge >= 0.3 is 0 Å².